The number of amides is 2. The molecule has 7 nitrogen and oxygen atoms in total. The molecule has 2 aromatic rings. The molecule has 2 fully saturated rings. The fourth-order valence-electron chi connectivity index (χ4n) is 5.28. The van der Waals surface area contributed by atoms with Crippen molar-refractivity contribution in [3.8, 4) is 11.1 Å². The first-order valence-corrected chi connectivity index (χ1v) is 11.6. The highest BCUT2D eigenvalue weighted by Crippen LogP contribution is 2.44. The molecule has 2 aromatic carbocycles. The summed E-state index contributed by atoms with van der Waals surface area (Å²) < 4.78 is 5.62. The average molecular weight is 449 g/mol. The van der Waals surface area contributed by atoms with E-state index in [2.05, 4.69) is 29.6 Å². The third-order valence-corrected chi connectivity index (χ3v) is 7.34. The first kappa shape index (κ1) is 21.5. The number of aliphatic carboxylic acids is 1. The van der Waals surface area contributed by atoms with E-state index in [9.17, 15) is 19.5 Å². The normalized spacial score (nSPS) is 22.4. The van der Waals surface area contributed by atoms with Gasteiger partial charge in [0.05, 0.1) is 0 Å². The van der Waals surface area contributed by atoms with Crippen molar-refractivity contribution in [1.82, 2.24) is 10.2 Å². The first-order chi connectivity index (χ1) is 15.9. The summed E-state index contributed by atoms with van der Waals surface area (Å²) in [5.41, 5.74) is 3.31. The first-order valence-electron chi connectivity index (χ1n) is 11.6. The minimum Gasteiger partial charge on any atom is -0.480 e. The molecule has 2 N–H and O–H groups in total. The molecular weight excluding hydrogens is 420 g/mol. The lowest BCUT2D eigenvalue weighted by molar-refractivity contribution is -0.156. The van der Waals surface area contributed by atoms with Gasteiger partial charge in [0.15, 0.2) is 0 Å². The van der Waals surface area contributed by atoms with E-state index in [1.807, 2.05) is 24.3 Å². The molecule has 2 atom stereocenters. The second-order valence-electron chi connectivity index (χ2n) is 9.46. The summed E-state index contributed by atoms with van der Waals surface area (Å²) in [5.74, 6) is -1.37. The summed E-state index contributed by atoms with van der Waals surface area (Å²) in [6.07, 6.45) is 2.07. The maximum Gasteiger partial charge on any atom is 0.407 e. The molecular formula is C26H28N2O5. The van der Waals surface area contributed by atoms with Crippen molar-refractivity contribution >= 4 is 18.0 Å². The molecule has 0 aromatic heterocycles. The molecule has 0 spiro atoms. The van der Waals surface area contributed by atoms with E-state index in [-0.39, 0.29) is 24.3 Å². The predicted molar refractivity (Wildman–Crippen MR) is 122 cm³/mol. The second kappa shape index (κ2) is 8.21. The van der Waals surface area contributed by atoms with Crippen molar-refractivity contribution in [3.63, 3.8) is 0 Å². The van der Waals surface area contributed by atoms with E-state index in [4.69, 9.17) is 4.74 Å². The topological polar surface area (TPSA) is 95.9 Å². The molecule has 0 bridgehead atoms. The van der Waals surface area contributed by atoms with Gasteiger partial charge in [-0.2, -0.15) is 0 Å². The quantitative estimate of drug-likeness (QED) is 0.701. The van der Waals surface area contributed by atoms with Crippen LogP contribution < -0.4 is 5.32 Å². The molecule has 5 rings (SSSR count). The average Bonchev–Trinajstić information content (AvgIpc) is 3.50. The number of carboxylic acids is 1. The van der Waals surface area contributed by atoms with Crippen LogP contribution in [0, 0.1) is 5.92 Å². The number of alkyl carbamates (subject to hydrolysis) is 1. The maximum absolute atomic E-state index is 13.3. The highest BCUT2D eigenvalue weighted by Gasteiger charge is 2.50. The Kier molecular flexibility index (Phi) is 5.35. The van der Waals surface area contributed by atoms with E-state index in [1.54, 1.807) is 6.92 Å². The lowest BCUT2D eigenvalue weighted by atomic mass is 9.98. The molecule has 172 valence electrons. The summed E-state index contributed by atoms with van der Waals surface area (Å²) in [6.45, 7) is 2.14. The standard InChI is InChI=1S/C26H28N2O5/c1-26(24(30)31)13-6-14-28(26)23(29)22(16-11-12-16)27-25(32)33-15-21-19-9-4-2-7-17(19)18-8-3-5-10-20(18)21/h2-5,7-10,16,21-22H,6,11-15H2,1H3,(H,27,32)(H,30,31). The van der Waals surface area contributed by atoms with Crippen LogP contribution in [0.4, 0.5) is 4.79 Å². The summed E-state index contributed by atoms with van der Waals surface area (Å²) in [5, 5.41) is 12.4. The van der Waals surface area contributed by atoms with Gasteiger partial charge < -0.3 is 20.1 Å². The third-order valence-electron chi connectivity index (χ3n) is 7.34. The Morgan fingerprint density at radius 2 is 1.70 bits per heavy atom. The van der Waals surface area contributed by atoms with Crippen molar-refractivity contribution in [1.29, 1.82) is 0 Å². The monoisotopic (exact) mass is 448 g/mol. The summed E-state index contributed by atoms with van der Waals surface area (Å²) in [7, 11) is 0. The molecule has 7 heteroatoms. The largest absolute Gasteiger partial charge is 0.480 e. The molecule has 3 aliphatic rings. The highest BCUT2D eigenvalue weighted by molar-refractivity contribution is 5.92. The van der Waals surface area contributed by atoms with Gasteiger partial charge in [-0.25, -0.2) is 9.59 Å². The van der Waals surface area contributed by atoms with E-state index < -0.39 is 23.6 Å². The number of hydrogen-bond acceptors (Lipinski definition) is 4. The number of nitrogens with zero attached hydrogens (tertiary/aromatic N) is 1. The number of benzene rings is 2. The lowest BCUT2D eigenvalue weighted by Crippen LogP contribution is -2.57. The molecule has 0 radical (unpaired) electrons. The fraction of sp³-hybridized carbons (Fsp3) is 0.423. The summed E-state index contributed by atoms with van der Waals surface area (Å²) in [6, 6.07) is 15.5. The zero-order chi connectivity index (χ0) is 23.2. The number of fused-ring (bicyclic) bond motifs is 3. The predicted octanol–water partition coefficient (Wildman–Crippen LogP) is 3.77. The number of rotatable bonds is 6. The summed E-state index contributed by atoms with van der Waals surface area (Å²) in [4.78, 5) is 39.3. The zero-order valence-corrected chi connectivity index (χ0v) is 18.6. The van der Waals surface area contributed by atoms with Crippen LogP contribution in [-0.2, 0) is 14.3 Å². The van der Waals surface area contributed by atoms with Crippen molar-refractivity contribution in [2.75, 3.05) is 13.2 Å². The van der Waals surface area contributed by atoms with E-state index in [0.29, 0.717) is 19.4 Å². The van der Waals surface area contributed by atoms with E-state index in [1.165, 1.54) is 4.90 Å². The Bertz CT molecular complexity index is 1070. The number of hydrogen-bond donors (Lipinski definition) is 2. The van der Waals surface area contributed by atoms with E-state index >= 15 is 0 Å². The third kappa shape index (κ3) is 3.75. The van der Waals surface area contributed by atoms with Gasteiger partial charge in [0, 0.05) is 12.5 Å². The molecule has 33 heavy (non-hydrogen) atoms. The Labute approximate surface area is 192 Å². The van der Waals surface area contributed by atoms with Crippen molar-refractivity contribution in [3.05, 3.63) is 59.7 Å². The van der Waals surface area contributed by atoms with Crippen LogP contribution in [0.3, 0.4) is 0 Å². The lowest BCUT2D eigenvalue weighted by Gasteiger charge is -2.34. The summed E-state index contributed by atoms with van der Waals surface area (Å²) >= 11 is 0. The Hall–Kier alpha value is -3.35. The number of nitrogens with one attached hydrogen (secondary N) is 1. The number of carboxylic acid groups (broad SMARTS) is 1. The van der Waals surface area contributed by atoms with Crippen LogP contribution in [-0.4, -0.2) is 52.7 Å². The molecule has 2 unspecified atom stereocenters. The van der Waals surface area contributed by atoms with Gasteiger partial charge in [0.25, 0.3) is 0 Å². The van der Waals surface area contributed by atoms with Crippen LogP contribution in [0.15, 0.2) is 48.5 Å². The number of ether oxygens (including phenoxy) is 1. The zero-order valence-electron chi connectivity index (χ0n) is 18.6. The Morgan fingerprint density at radius 3 is 2.27 bits per heavy atom. The number of carbonyl (C=O) groups is 3. The Balaban J connectivity index is 1.28. The van der Waals surface area contributed by atoms with Crippen LogP contribution in [0.5, 0.6) is 0 Å². The SMILES string of the molecule is CC1(C(=O)O)CCCN1C(=O)C(NC(=O)OCC1c2ccccc2-c2ccccc21)C1CC1. The van der Waals surface area contributed by atoms with Gasteiger partial charge in [-0.15, -0.1) is 0 Å². The Morgan fingerprint density at radius 1 is 1.09 bits per heavy atom. The van der Waals surface area contributed by atoms with Crippen LogP contribution >= 0.6 is 0 Å². The fourth-order valence-corrected chi connectivity index (χ4v) is 5.28. The van der Waals surface area contributed by atoms with Gasteiger partial charge >= 0.3 is 12.1 Å². The highest BCUT2D eigenvalue weighted by atomic mass is 16.5. The smallest absolute Gasteiger partial charge is 0.407 e. The van der Waals surface area contributed by atoms with Gasteiger partial charge in [-0.3, -0.25) is 4.79 Å². The second-order valence-corrected chi connectivity index (χ2v) is 9.46. The van der Waals surface area contributed by atoms with Gasteiger partial charge in [-0.05, 0) is 60.8 Å². The van der Waals surface area contributed by atoms with Gasteiger partial charge in [-0.1, -0.05) is 48.5 Å². The molecule has 1 heterocycles. The molecule has 2 amide bonds. The van der Waals surface area contributed by atoms with Gasteiger partial charge in [0.2, 0.25) is 5.91 Å². The van der Waals surface area contributed by atoms with Crippen LogP contribution in [0.1, 0.15) is 49.7 Å². The van der Waals surface area contributed by atoms with Crippen molar-refractivity contribution in [2.24, 2.45) is 5.92 Å². The minimum atomic E-state index is -1.23. The number of carbonyl (C=O) groups excluding carboxylic acids is 2. The van der Waals surface area contributed by atoms with Crippen LogP contribution in [0.2, 0.25) is 0 Å². The van der Waals surface area contributed by atoms with Gasteiger partial charge in [0.1, 0.15) is 18.2 Å². The molecule has 1 saturated heterocycles. The molecule has 2 aliphatic carbocycles. The van der Waals surface area contributed by atoms with Crippen molar-refractivity contribution in [2.45, 2.75) is 50.1 Å². The number of likely N-dealkylation sites (tertiary alicyclic amines) is 1. The van der Waals surface area contributed by atoms with Crippen LogP contribution in [0.25, 0.3) is 11.1 Å². The molecule has 1 aliphatic heterocycles. The van der Waals surface area contributed by atoms with Crippen molar-refractivity contribution < 1.29 is 24.2 Å². The minimum absolute atomic E-state index is 0.0247. The molecule has 1 saturated carbocycles. The maximum atomic E-state index is 13.3. The van der Waals surface area contributed by atoms with E-state index in [0.717, 1.165) is 35.1 Å².